The smallest absolute Gasteiger partial charge is 0.233 e. The zero-order valence-electron chi connectivity index (χ0n) is 13.8. The molecule has 4 heteroatoms. The third-order valence-electron chi connectivity index (χ3n) is 4.98. The lowest BCUT2D eigenvalue weighted by Crippen LogP contribution is -2.43. The predicted molar refractivity (Wildman–Crippen MR) is 94.5 cm³/mol. The van der Waals surface area contributed by atoms with Crippen molar-refractivity contribution in [2.24, 2.45) is 0 Å². The summed E-state index contributed by atoms with van der Waals surface area (Å²) in [5.41, 5.74) is 1.04. The number of carbonyl (C=O) groups excluding carboxylic acids is 1. The van der Waals surface area contributed by atoms with Gasteiger partial charge in [-0.1, -0.05) is 54.8 Å². The molecule has 2 aromatic carbocycles. The van der Waals surface area contributed by atoms with Gasteiger partial charge in [0.2, 0.25) is 5.91 Å². The molecule has 1 fully saturated rings. The third kappa shape index (κ3) is 3.18. The van der Waals surface area contributed by atoms with Crippen LogP contribution in [-0.4, -0.2) is 17.9 Å². The highest BCUT2D eigenvalue weighted by Crippen LogP contribution is 2.43. The first-order valence-electron chi connectivity index (χ1n) is 8.28. The Morgan fingerprint density at radius 1 is 1.12 bits per heavy atom. The fraction of sp³-hybridized carbons (Fsp3) is 0.350. The lowest BCUT2D eigenvalue weighted by molar-refractivity contribution is -0.136. The van der Waals surface area contributed by atoms with Crippen LogP contribution in [0, 0.1) is 5.82 Å². The summed E-state index contributed by atoms with van der Waals surface area (Å²) in [6.45, 7) is 0.279. The number of carbonyl (C=O) groups is 1. The second-order valence-electron chi connectivity index (χ2n) is 6.55. The van der Waals surface area contributed by atoms with E-state index in [1.807, 2.05) is 24.3 Å². The van der Waals surface area contributed by atoms with Crippen molar-refractivity contribution in [3.8, 4) is 0 Å². The van der Waals surface area contributed by atoms with Crippen LogP contribution in [0.1, 0.15) is 36.8 Å². The van der Waals surface area contributed by atoms with Crippen LogP contribution in [-0.2, 0) is 16.8 Å². The Morgan fingerprint density at radius 3 is 2.38 bits per heavy atom. The summed E-state index contributed by atoms with van der Waals surface area (Å²) in [6, 6.07) is 14.2. The number of likely N-dealkylation sites (N-methyl/N-ethyl adjacent to an activating group) is 1. The quantitative estimate of drug-likeness (QED) is 0.767. The first kappa shape index (κ1) is 17.0. The van der Waals surface area contributed by atoms with Gasteiger partial charge in [-0.25, -0.2) is 4.39 Å². The highest BCUT2D eigenvalue weighted by Gasteiger charge is 2.44. The van der Waals surface area contributed by atoms with Crippen molar-refractivity contribution in [2.75, 3.05) is 7.05 Å². The first-order chi connectivity index (χ1) is 11.5. The molecule has 0 spiro atoms. The van der Waals surface area contributed by atoms with E-state index >= 15 is 0 Å². The van der Waals surface area contributed by atoms with Gasteiger partial charge in [0, 0.05) is 24.2 Å². The predicted octanol–water partition coefficient (Wildman–Crippen LogP) is 4.95. The van der Waals surface area contributed by atoms with Gasteiger partial charge in [-0.15, -0.1) is 0 Å². The van der Waals surface area contributed by atoms with Gasteiger partial charge in [0.05, 0.1) is 5.41 Å². The van der Waals surface area contributed by atoms with Crippen LogP contribution < -0.4 is 0 Å². The van der Waals surface area contributed by atoms with Gasteiger partial charge in [-0.05, 0) is 36.6 Å². The van der Waals surface area contributed by atoms with E-state index in [0.29, 0.717) is 10.6 Å². The summed E-state index contributed by atoms with van der Waals surface area (Å²) in [5, 5.41) is 0.666. The Hall–Kier alpha value is -1.87. The minimum absolute atomic E-state index is 0.0607. The molecule has 2 nitrogen and oxygen atoms in total. The largest absolute Gasteiger partial charge is 0.341 e. The topological polar surface area (TPSA) is 20.3 Å². The van der Waals surface area contributed by atoms with Crippen molar-refractivity contribution in [3.63, 3.8) is 0 Å². The molecule has 0 unspecified atom stereocenters. The van der Waals surface area contributed by atoms with Gasteiger partial charge in [0.1, 0.15) is 5.82 Å². The van der Waals surface area contributed by atoms with Crippen molar-refractivity contribution < 1.29 is 9.18 Å². The minimum atomic E-state index is -0.509. The summed E-state index contributed by atoms with van der Waals surface area (Å²) in [5.74, 6) is -0.213. The van der Waals surface area contributed by atoms with E-state index in [1.54, 1.807) is 30.1 Å². The van der Waals surface area contributed by atoms with Gasteiger partial charge >= 0.3 is 0 Å². The molecule has 1 amide bonds. The lowest BCUT2D eigenvalue weighted by atomic mass is 9.77. The molecular formula is C20H21ClFNO. The third-order valence-corrected chi connectivity index (χ3v) is 5.23. The van der Waals surface area contributed by atoms with E-state index in [1.165, 1.54) is 6.07 Å². The highest BCUT2D eigenvalue weighted by molar-refractivity contribution is 6.30. The van der Waals surface area contributed by atoms with Gasteiger partial charge < -0.3 is 4.90 Å². The number of amides is 1. The summed E-state index contributed by atoms with van der Waals surface area (Å²) in [7, 11) is 1.75. The van der Waals surface area contributed by atoms with Crippen LogP contribution in [0.4, 0.5) is 4.39 Å². The highest BCUT2D eigenvalue weighted by atomic mass is 35.5. The Labute approximate surface area is 147 Å². The maximum absolute atomic E-state index is 13.9. The van der Waals surface area contributed by atoms with Crippen molar-refractivity contribution in [1.29, 1.82) is 0 Å². The monoisotopic (exact) mass is 345 g/mol. The van der Waals surface area contributed by atoms with Gasteiger partial charge in [0.15, 0.2) is 0 Å². The number of hydrogen-bond donors (Lipinski definition) is 0. The number of hydrogen-bond acceptors (Lipinski definition) is 1. The average Bonchev–Trinajstić information content (AvgIpc) is 3.07. The van der Waals surface area contributed by atoms with E-state index in [2.05, 4.69) is 0 Å². The molecule has 0 radical (unpaired) electrons. The molecule has 0 aromatic heterocycles. The molecule has 1 aliphatic rings. The van der Waals surface area contributed by atoms with Crippen molar-refractivity contribution in [2.45, 2.75) is 37.6 Å². The van der Waals surface area contributed by atoms with E-state index in [0.717, 1.165) is 31.2 Å². The van der Waals surface area contributed by atoms with Crippen LogP contribution in [0.5, 0.6) is 0 Å². The first-order valence-corrected chi connectivity index (χ1v) is 8.66. The second-order valence-corrected chi connectivity index (χ2v) is 6.99. The summed E-state index contributed by atoms with van der Waals surface area (Å²) >= 11 is 5.99. The molecule has 126 valence electrons. The molecule has 24 heavy (non-hydrogen) atoms. The van der Waals surface area contributed by atoms with Crippen molar-refractivity contribution in [3.05, 3.63) is 70.5 Å². The Bertz CT molecular complexity index is 723. The zero-order chi connectivity index (χ0) is 17.2. The van der Waals surface area contributed by atoms with Crippen LogP contribution in [0.2, 0.25) is 5.02 Å². The van der Waals surface area contributed by atoms with Crippen LogP contribution in [0.15, 0.2) is 48.5 Å². The average molecular weight is 346 g/mol. The van der Waals surface area contributed by atoms with Gasteiger partial charge in [0.25, 0.3) is 0 Å². The Balaban J connectivity index is 1.87. The van der Waals surface area contributed by atoms with Gasteiger partial charge in [-0.2, -0.15) is 0 Å². The minimum Gasteiger partial charge on any atom is -0.341 e. The normalized spacial score (nSPS) is 16.1. The molecule has 0 aliphatic heterocycles. The molecule has 0 bridgehead atoms. The maximum atomic E-state index is 13.9. The standard InChI is InChI=1S/C20H21ClFNO/c1-23(14-15-6-2-3-7-18(15)22)19(24)20(12-4-5-13-20)16-8-10-17(21)11-9-16/h2-3,6-11H,4-5,12-14H2,1H3. The lowest BCUT2D eigenvalue weighted by Gasteiger charge is -2.33. The SMILES string of the molecule is CN(Cc1ccccc1F)C(=O)C1(c2ccc(Cl)cc2)CCCC1. The molecule has 0 heterocycles. The second kappa shape index (κ2) is 6.94. The Morgan fingerprint density at radius 2 is 1.75 bits per heavy atom. The number of benzene rings is 2. The molecule has 1 saturated carbocycles. The summed E-state index contributed by atoms with van der Waals surface area (Å²) < 4.78 is 13.9. The summed E-state index contributed by atoms with van der Waals surface area (Å²) in [4.78, 5) is 14.9. The zero-order valence-corrected chi connectivity index (χ0v) is 14.5. The molecule has 0 atom stereocenters. The molecule has 3 rings (SSSR count). The number of rotatable bonds is 4. The van der Waals surface area contributed by atoms with Crippen LogP contribution >= 0.6 is 11.6 Å². The molecular weight excluding hydrogens is 325 g/mol. The molecule has 2 aromatic rings. The molecule has 0 N–H and O–H groups in total. The number of halogens is 2. The van der Waals surface area contributed by atoms with E-state index in [-0.39, 0.29) is 18.3 Å². The van der Waals surface area contributed by atoms with Gasteiger partial charge in [-0.3, -0.25) is 4.79 Å². The molecule has 1 aliphatic carbocycles. The van der Waals surface area contributed by atoms with E-state index in [9.17, 15) is 9.18 Å². The number of nitrogens with zero attached hydrogens (tertiary/aromatic N) is 1. The van der Waals surface area contributed by atoms with Crippen molar-refractivity contribution in [1.82, 2.24) is 4.90 Å². The van der Waals surface area contributed by atoms with Crippen molar-refractivity contribution >= 4 is 17.5 Å². The Kier molecular flexibility index (Phi) is 4.91. The summed E-state index contributed by atoms with van der Waals surface area (Å²) in [6.07, 6.45) is 3.72. The maximum Gasteiger partial charge on any atom is 0.233 e. The van der Waals surface area contributed by atoms with Crippen LogP contribution in [0.25, 0.3) is 0 Å². The van der Waals surface area contributed by atoms with E-state index in [4.69, 9.17) is 11.6 Å². The molecule has 0 saturated heterocycles. The van der Waals surface area contributed by atoms with E-state index < -0.39 is 5.41 Å². The fourth-order valence-corrected chi connectivity index (χ4v) is 3.82. The van der Waals surface area contributed by atoms with Crippen LogP contribution in [0.3, 0.4) is 0 Å². The fourth-order valence-electron chi connectivity index (χ4n) is 3.69.